The van der Waals surface area contributed by atoms with E-state index in [1.807, 2.05) is 44.4 Å². The molecule has 0 saturated heterocycles. The van der Waals surface area contributed by atoms with Crippen LogP contribution in [-0.4, -0.2) is 37.9 Å². The molecule has 0 radical (unpaired) electrons. The Hall–Kier alpha value is -2.33. The van der Waals surface area contributed by atoms with Crippen LogP contribution in [0.25, 0.3) is 0 Å². The average molecular weight is 483 g/mol. The number of carbonyl (C=O) groups excluding carboxylic acids is 1. The van der Waals surface area contributed by atoms with Crippen molar-refractivity contribution < 1.29 is 18.8 Å². The molecule has 0 aliphatic rings. The molecule has 0 aromatic heterocycles. The van der Waals surface area contributed by atoms with Gasteiger partial charge >= 0.3 is 5.97 Å². The fourth-order valence-corrected chi connectivity index (χ4v) is 4.44. The van der Waals surface area contributed by atoms with Crippen molar-refractivity contribution in [3.63, 3.8) is 0 Å². The molecule has 0 fully saturated rings. The molecule has 0 aliphatic carbocycles. The molecule has 0 atom stereocenters. The lowest BCUT2D eigenvalue weighted by Gasteiger charge is -2.28. The second kappa shape index (κ2) is 17.2. The molecule has 0 aliphatic heterocycles. The number of rotatable bonds is 19. The molecule has 194 valence electrons. The van der Waals surface area contributed by atoms with Crippen LogP contribution in [0.5, 0.6) is 5.75 Å². The Balaban J connectivity index is 1.52. The average Bonchev–Trinajstić information content (AvgIpc) is 2.83. The maximum Gasteiger partial charge on any atom is 0.364 e. The van der Waals surface area contributed by atoms with E-state index in [0.29, 0.717) is 11.0 Å². The Bertz CT molecular complexity index is 802. The van der Waals surface area contributed by atoms with Gasteiger partial charge < -0.3 is 14.0 Å². The topological polar surface area (TPSA) is 35.5 Å². The summed E-state index contributed by atoms with van der Waals surface area (Å²) < 4.78 is 11.5. The smallest absolute Gasteiger partial charge is 0.364 e. The van der Waals surface area contributed by atoms with E-state index in [1.165, 1.54) is 81.8 Å². The Kier molecular flexibility index (Phi) is 14.2. The third-order valence-electron chi connectivity index (χ3n) is 6.45. The summed E-state index contributed by atoms with van der Waals surface area (Å²) in [5.74, 6) is 0.484. The van der Waals surface area contributed by atoms with Gasteiger partial charge in [-0.1, -0.05) is 114 Å². The van der Waals surface area contributed by atoms with Crippen molar-refractivity contribution in [1.29, 1.82) is 0 Å². The molecule has 0 unspecified atom stereocenters. The van der Waals surface area contributed by atoms with Gasteiger partial charge in [0.2, 0.25) is 6.79 Å². The number of hydrogen-bond donors (Lipinski definition) is 0. The minimum absolute atomic E-state index is 0.0535. The van der Waals surface area contributed by atoms with E-state index in [1.54, 1.807) is 0 Å². The molecule has 4 nitrogen and oxygen atoms in total. The molecule has 2 aromatic rings. The van der Waals surface area contributed by atoms with Crippen LogP contribution in [0.2, 0.25) is 0 Å². The van der Waals surface area contributed by atoms with Gasteiger partial charge in [-0.05, 0) is 30.5 Å². The summed E-state index contributed by atoms with van der Waals surface area (Å²) >= 11 is 0. The number of carbonyl (C=O) groups is 1. The van der Waals surface area contributed by atoms with Crippen LogP contribution >= 0.6 is 0 Å². The highest BCUT2D eigenvalue weighted by atomic mass is 16.7. The summed E-state index contributed by atoms with van der Waals surface area (Å²) in [5.41, 5.74) is 2.54. The number of ether oxygens (including phenoxy) is 2. The molecular formula is C31H48NO3+. The summed E-state index contributed by atoms with van der Waals surface area (Å²) in [6.45, 7) is 3.30. The summed E-state index contributed by atoms with van der Waals surface area (Å²) in [6.07, 6.45) is 16.2. The van der Waals surface area contributed by atoms with Crippen molar-refractivity contribution in [3.05, 3.63) is 65.7 Å². The summed E-state index contributed by atoms with van der Waals surface area (Å²) in [4.78, 5) is 12.3. The second-order valence-corrected chi connectivity index (χ2v) is 10.4. The monoisotopic (exact) mass is 482 g/mol. The van der Waals surface area contributed by atoms with Crippen molar-refractivity contribution in [3.8, 4) is 5.75 Å². The zero-order chi connectivity index (χ0) is 25.2. The minimum atomic E-state index is -0.251. The van der Waals surface area contributed by atoms with Crippen LogP contribution in [0.3, 0.4) is 0 Å². The normalized spacial score (nSPS) is 11.4. The van der Waals surface area contributed by atoms with Crippen molar-refractivity contribution in [2.45, 2.75) is 90.5 Å². The number of benzene rings is 2. The molecule has 0 saturated carbocycles. The summed E-state index contributed by atoms with van der Waals surface area (Å²) in [6, 6.07) is 18.4. The van der Waals surface area contributed by atoms with E-state index in [9.17, 15) is 4.79 Å². The second-order valence-electron chi connectivity index (χ2n) is 10.4. The molecule has 0 spiro atoms. The highest BCUT2D eigenvalue weighted by molar-refractivity contribution is 5.70. The lowest BCUT2D eigenvalue weighted by molar-refractivity contribution is -0.896. The first kappa shape index (κ1) is 28.9. The molecule has 35 heavy (non-hydrogen) atoms. The van der Waals surface area contributed by atoms with Crippen LogP contribution in [-0.2, 0) is 22.5 Å². The number of hydrogen-bond acceptors (Lipinski definition) is 3. The molecule has 2 rings (SSSR count). The fraction of sp³-hybridized carbons (Fsp3) is 0.581. The first-order chi connectivity index (χ1) is 17.0. The molecule has 0 bridgehead atoms. The molecule has 0 amide bonds. The van der Waals surface area contributed by atoms with Gasteiger partial charge in [0.15, 0.2) is 6.54 Å². The number of nitrogens with zero attached hydrogens (tertiary/aromatic N) is 1. The first-order valence-corrected chi connectivity index (χ1v) is 13.7. The van der Waals surface area contributed by atoms with Crippen LogP contribution in [0.1, 0.15) is 88.7 Å². The Labute approximate surface area is 214 Å². The number of unbranched alkanes of at least 4 members (excludes halogenated alkanes) is 10. The number of quaternary nitrogens is 1. The maximum absolute atomic E-state index is 12.3. The molecule has 4 heteroatoms. The van der Waals surface area contributed by atoms with Gasteiger partial charge in [0.05, 0.1) is 14.1 Å². The first-order valence-electron chi connectivity index (χ1n) is 13.7. The van der Waals surface area contributed by atoms with Gasteiger partial charge in [0.25, 0.3) is 0 Å². The highest BCUT2D eigenvalue weighted by Gasteiger charge is 2.21. The number of esters is 1. The number of aryl methyl sites for hydroxylation is 1. The largest absolute Gasteiger partial charge is 0.457 e. The Morgan fingerprint density at radius 1 is 0.714 bits per heavy atom. The van der Waals surface area contributed by atoms with Gasteiger partial charge in [0, 0.05) is 5.56 Å². The van der Waals surface area contributed by atoms with Gasteiger partial charge in [-0.15, -0.1) is 0 Å². The minimum Gasteiger partial charge on any atom is -0.457 e. The SMILES string of the molecule is CCCCCCCCCCCCCc1ccc(OCOC(=O)C[N+](C)(C)Cc2ccccc2)cc1. The Morgan fingerprint density at radius 2 is 1.29 bits per heavy atom. The van der Waals surface area contributed by atoms with E-state index < -0.39 is 0 Å². The van der Waals surface area contributed by atoms with Crippen LogP contribution < -0.4 is 4.74 Å². The van der Waals surface area contributed by atoms with Crippen LogP contribution in [0, 0.1) is 0 Å². The number of likely N-dealkylation sites (N-methyl/N-ethyl adjacent to an activating group) is 1. The van der Waals surface area contributed by atoms with E-state index in [-0.39, 0.29) is 12.8 Å². The van der Waals surface area contributed by atoms with Crippen LogP contribution in [0.15, 0.2) is 54.6 Å². The van der Waals surface area contributed by atoms with E-state index >= 15 is 0 Å². The standard InChI is InChI=1S/C31H48NO3/c1-4-5-6-7-8-9-10-11-12-13-15-18-28-21-23-30(24-22-28)34-27-35-31(33)26-32(2,3)25-29-19-16-14-17-20-29/h14,16-17,19-24H,4-13,15,18,25-27H2,1-3H3/q+1. The van der Waals surface area contributed by atoms with E-state index in [0.717, 1.165) is 18.7 Å². The van der Waals surface area contributed by atoms with Gasteiger partial charge in [-0.3, -0.25) is 0 Å². The Morgan fingerprint density at radius 3 is 1.89 bits per heavy atom. The zero-order valence-corrected chi connectivity index (χ0v) is 22.5. The zero-order valence-electron chi connectivity index (χ0n) is 22.5. The van der Waals surface area contributed by atoms with E-state index in [4.69, 9.17) is 9.47 Å². The molecule has 0 heterocycles. The fourth-order valence-electron chi connectivity index (χ4n) is 4.44. The molecule has 0 N–H and O–H groups in total. The van der Waals surface area contributed by atoms with Gasteiger partial charge in [0.1, 0.15) is 12.3 Å². The lowest BCUT2D eigenvalue weighted by Crippen LogP contribution is -2.43. The molecular weight excluding hydrogens is 434 g/mol. The van der Waals surface area contributed by atoms with Crippen molar-refractivity contribution in [2.24, 2.45) is 0 Å². The highest BCUT2D eigenvalue weighted by Crippen LogP contribution is 2.16. The summed E-state index contributed by atoms with van der Waals surface area (Å²) in [5, 5.41) is 0. The summed E-state index contributed by atoms with van der Waals surface area (Å²) in [7, 11) is 4.06. The van der Waals surface area contributed by atoms with Crippen molar-refractivity contribution in [1.82, 2.24) is 0 Å². The van der Waals surface area contributed by atoms with Crippen molar-refractivity contribution in [2.75, 3.05) is 27.4 Å². The quantitative estimate of drug-likeness (QED) is 0.0891. The predicted molar refractivity (Wildman–Crippen MR) is 145 cm³/mol. The van der Waals surface area contributed by atoms with Crippen molar-refractivity contribution >= 4 is 5.97 Å². The van der Waals surface area contributed by atoms with E-state index in [2.05, 4.69) is 31.2 Å². The molecule has 2 aromatic carbocycles. The third-order valence-corrected chi connectivity index (χ3v) is 6.45. The van der Waals surface area contributed by atoms with Gasteiger partial charge in [-0.25, -0.2) is 4.79 Å². The van der Waals surface area contributed by atoms with Crippen LogP contribution in [0.4, 0.5) is 0 Å². The predicted octanol–water partition coefficient (Wildman–Crippen LogP) is 7.70. The maximum atomic E-state index is 12.3. The van der Waals surface area contributed by atoms with Gasteiger partial charge in [-0.2, -0.15) is 0 Å². The lowest BCUT2D eigenvalue weighted by atomic mass is 10.0. The third kappa shape index (κ3) is 14.0.